The molecule has 1 atom stereocenters. The van der Waals surface area contributed by atoms with E-state index < -0.39 is 5.97 Å². The van der Waals surface area contributed by atoms with Crippen molar-refractivity contribution in [1.29, 1.82) is 0 Å². The van der Waals surface area contributed by atoms with Gasteiger partial charge in [0.25, 0.3) is 0 Å². The molecular formula is C13H22N4O2. The van der Waals surface area contributed by atoms with Crippen molar-refractivity contribution < 1.29 is 9.90 Å². The minimum Gasteiger partial charge on any atom is -0.478 e. The number of carboxylic acid groups (broad SMARTS) is 1. The highest BCUT2D eigenvalue weighted by Crippen LogP contribution is 2.16. The quantitative estimate of drug-likeness (QED) is 0.870. The van der Waals surface area contributed by atoms with E-state index in [2.05, 4.69) is 28.9 Å². The maximum Gasteiger partial charge on any atom is 0.339 e. The monoisotopic (exact) mass is 266 g/mol. The molecule has 1 aromatic rings. The van der Waals surface area contributed by atoms with Gasteiger partial charge >= 0.3 is 5.97 Å². The molecule has 1 aliphatic heterocycles. The molecule has 6 heteroatoms. The van der Waals surface area contributed by atoms with Crippen molar-refractivity contribution in [2.45, 2.75) is 25.9 Å². The summed E-state index contributed by atoms with van der Waals surface area (Å²) in [4.78, 5) is 15.9. The lowest BCUT2D eigenvalue weighted by Crippen LogP contribution is -2.38. The Bertz CT molecular complexity index is 457. The summed E-state index contributed by atoms with van der Waals surface area (Å²) >= 11 is 0. The van der Waals surface area contributed by atoms with E-state index in [-0.39, 0.29) is 0 Å². The Kier molecular flexibility index (Phi) is 4.21. The van der Waals surface area contributed by atoms with Crippen molar-refractivity contribution in [1.82, 2.24) is 19.6 Å². The van der Waals surface area contributed by atoms with Crippen LogP contribution in [-0.4, -0.2) is 63.4 Å². The molecule has 2 rings (SSSR count). The Hall–Kier alpha value is -1.40. The zero-order chi connectivity index (χ0) is 14.0. The normalized spacial score (nSPS) is 22.4. The first-order valence-electron chi connectivity index (χ1n) is 6.65. The molecule has 106 valence electrons. The molecule has 1 fully saturated rings. The zero-order valence-electron chi connectivity index (χ0n) is 11.8. The van der Waals surface area contributed by atoms with Crippen LogP contribution in [0.5, 0.6) is 0 Å². The lowest BCUT2D eigenvalue weighted by molar-refractivity contribution is 0.0693. The van der Waals surface area contributed by atoms with Gasteiger partial charge in [0.15, 0.2) is 0 Å². The summed E-state index contributed by atoms with van der Waals surface area (Å²) < 4.78 is 1.67. The largest absolute Gasteiger partial charge is 0.478 e. The van der Waals surface area contributed by atoms with Gasteiger partial charge in [-0.1, -0.05) is 0 Å². The van der Waals surface area contributed by atoms with E-state index in [1.165, 1.54) is 6.20 Å². The highest BCUT2D eigenvalue weighted by Gasteiger charge is 2.23. The Morgan fingerprint density at radius 1 is 1.47 bits per heavy atom. The van der Waals surface area contributed by atoms with Crippen LogP contribution in [0.1, 0.15) is 29.4 Å². The number of hydrogen-bond donors (Lipinski definition) is 1. The van der Waals surface area contributed by atoms with E-state index in [1.807, 2.05) is 0 Å². The number of aryl methyl sites for hydroxylation is 1. The fourth-order valence-corrected chi connectivity index (χ4v) is 2.68. The van der Waals surface area contributed by atoms with Crippen LogP contribution >= 0.6 is 0 Å². The summed E-state index contributed by atoms with van der Waals surface area (Å²) in [6.07, 6.45) is 2.55. The standard InChI is InChI=1S/C13H22N4O2/c1-10-8-15(2)5-4-6-17(10)9-12-11(13(18)19)7-14-16(12)3/h7,10H,4-6,8-9H2,1-3H3,(H,18,19). The predicted molar refractivity (Wildman–Crippen MR) is 72.2 cm³/mol. The average Bonchev–Trinajstić information content (AvgIpc) is 2.61. The van der Waals surface area contributed by atoms with Crippen LogP contribution in [0.2, 0.25) is 0 Å². The number of rotatable bonds is 3. The molecule has 0 spiro atoms. The minimum atomic E-state index is -0.900. The average molecular weight is 266 g/mol. The molecule has 0 saturated carbocycles. The van der Waals surface area contributed by atoms with Crippen molar-refractivity contribution >= 4 is 5.97 Å². The first-order chi connectivity index (χ1) is 8.99. The SMILES string of the molecule is CC1CN(C)CCCN1Cc1c(C(=O)O)cnn1C. The molecule has 0 aromatic carbocycles. The van der Waals surface area contributed by atoms with Crippen molar-refractivity contribution in [3.8, 4) is 0 Å². The second kappa shape index (κ2) is 5.71. The van der Waals surface area contributed by atoms with Crippen molar-refractivity contribution in [3.63, 3.8) is 0 Å². The number of nitrogens with zero attached hydrogens (tertiary/aromatic N) is 4. The molecule has 0 radical (unpaired) electrons. The van der Waals surface area contributed by atoms with Gasteiger partial charge in [-0.3, -0.25) is 9.58 Å². The van der Waals surface area contributed by atoms with Crippen LogP contribution < -0.4 is 0 Å². The van der Waals surface area contributed by atoms with Crippen LogP contribution in [0.25, 0.3) is 0 Å². The van der Waals surface area contributed by atoms with Crippen LogP contribution in [0, 0.1) is 0 Å². The molecule has 2 heterocycles. The van der Waals surface area contributed by atoms with Crippen LogP contribution in [0.4, 0.5) is 0 Å². The first kappa shape index (κ1) is 14.0. The van der Waals surface area contributed by atoms with Crippen LogP contribution in [-0.2, 0) is 13.6 Å². The molecule has 1 aromatic heterocycles. The van der Waals surface area contributed by atoms with Gasteiger partial charge < -0.3 is 10.0 Å². The summed E-state index contributed by atoms with van der Waals surface area (Å²) in [5, 5.41) is 13.3. The Labute approximate surface area is 113 Å². The molecular weight excluding hydrogens is 244 g/mol. The van der Waals surface area contributed by atoms with Gasteiger partial charge in [0.1, 0.15) is 5.56 Å². The number of hydrogen-bond acceptors (Lipinski definition) is 4. The van der Waals surface area contributed by atoms with E-state index in [0.717, 1.165) is 31.7 Å². The van der Waals surface area contributed by atoms with E-state index in [9.17, 15) is 9.90 Å². The number of carboxylic acids is 1. The number of aromatic nitrogens is 2. The van der Waals surface area contributed by atoms with E-state index in [4.69, 9.17) is 0 Å². The zero-order valence-corrected chi connectivity index (χ0v) is 11.8. The fourth-order valence-electron chi connectivity index (χ4n) is 2.68. The van der Waals surface area contributed by atoms with E-state index in [1.54, 1.807) is 11.7 Å². The topological polar surface area (TPSA) is 61.6 Å². The van der Waals surface area contributed by atoms with E-state index >= 15 is 0 Å². The van der Waals surface area contributed by atoms with Crippen molar-refractivity contribution in [2.24, 2.45) is 7.05 Å². The molecule has 1 unspecified atom stereocenters. The van der Waals surface area contributed by atoms with Gasteiger partial charge in [-0.25, -0.2) is 4.79 Å². The first-order valence-corrected chi connectivity index (χ1v) is 6.65. The molecule has 0 bridgehead atoms. The molecule has 0 aliphatic carbocycles. The second-order valence-electron chi connectivity index (χ2n) is 5.37. The molecule has 19 heavy (non-hydrogen) atoms. The smallest absolute Gasteiger partial charge is 0.339 e. The molecule has 0 amide bonds. The van der Waals surface area contributed by atoms with E-state index in [0.29, 0.717) is 18.2 Å². The van der Waals surface area contributed by atoms with Crippen molar-refractivity contribution in [3.05, 3.63) is 17.5 Å². The molecule has 1 aliphatic rings. The number of aromatic carboxylic acids is 1. The van der Waals surface area contributed by atoms with Crippen LogP contribution in [0.3, 0.4) is 0 Å². The highest BCUT2D eigenvalue weighted by atomic mass is 16.4. The van der Waals surface area contributed by atoms with Gasteiger partial charge in [0.05, 0.1) is 11.9 Å². The van der Waals surface area contributed by atoms with Gasteiger partial charge in [-0.2, -0.15) is 5.10 Å². The molecule has 1 N–H and O–H groups in total. The predicted octanol–water partition coefficient (Wildman–Crippen LogP) is 0.644. The van der Waals surface area contributed by atoms with Crippen molar-refractivity contribution in [2.75, 3.05) is 26.7 Å². The highest BCUT2D eigenvalue weighted by molar-refractivity contribution is 5.88. The Morgan fingerprint density at radius 2 is 2.21 bits per heavy atom. The summed E-state index contributed by atoms with van der Waals surface area (Å²) in [5.41, 5.74) is 1.09. The lowest BCUT2D eigenvalue weighted by atomic mass is 10.2. The number of carbonyl (C=O) groups is 1. The lowest BCUT2D eigenvalue weighted by Gasteiger charge is -2.27. The van der Waals surface area contributed by atoms with Crippen LogP contribution in [0.15, 0.2) is 6.20 Å². The third-order valence-electron chi connectivity index (χ3n) is 3.83. The molecule has 1 saturated heterocycles. The Balaban J connectivity index is 2.16. The molecule has 6 nitrogen and oxygen atoms in total. The summed E-state index contributed by atoms with van der Waals surface area (Å²) in [6, 6.07) is 0.420. The fraction of sp³-hybridized carbons (Fsp3) is 0.692. The third-order valence-corrected chi connectivity index (χ3v) is 3.83. The van der Waals surface area contributed by atoms with Gasteiger partial charge in [0.2, 0.25) is 0 Å². The minimum absolute atomic E-state index is 0.312. The Morgan fingerprint density at radius 3 is 2.89 bits per heavy atom. The summed E-state index contributed by atoms with van der Waals surface area (Å²) in [6.45, 7) is 5.94. The maximum atomic E-state index is 11.2. The summed E-state index contributed by atoms with van der Waals surface area (Å²) in [7, 11) is 3.93. The van der Waals surface area contributed by atoms with Gasteiger partial charge in [0, 0.05) is 32.7 Å². The summed E-state index contributed by atoms with van der Waals surface area (Å²) in [5.74, 6) is -0.900. The second-order valence-corrected chi connectivity index (χ2v) is 5.37. The maximum absolute atomic E-state index is 11.2. The number of likely N-dealkylation sites (N-methyl/N-ethyl adjacent to an activating group) is 1. The van der Waals surface area contributed by atoms with Gasteiger partial charge in [-0.05, 0) is 26.9 Å². The third kappa shape index (κ3) is 3.13. The van der Waals surface area contributed by atoms with Gasteiger partial charge in [-0.15, -0.1) is 0 Å².